The van der Waals surface area contributed by atoms with Gasteiger partial charge in [0.25, 0.3) is 0 Å². The van der Waals surface area contributed by atoms with Crippen molar-refractivity contribution in [1.29, 1.82) is 0 Å². The average molecular weight is 248 g/mol. The van der Waals surface area contributed by atoms with Crippen LogP contribution in [0.2, 0.25) is 0 Å². The molecule has 1 aromatic heterocycles. The lowest BCUT2D eigenvalue weighted by molar-refractivity contribution is 0.243. The highest BCUT2D eigenvalue weighted by Gasteiger charge is 2.16. The normalized spacial score (nSPS) is 16.1. The fraction of sp³-hybridized carbons (Fsp3) is 0.667. The standard InChI is InChI=1S/C15H24N2O/c1-3-14-8-13(10-16-2)9-15(17-14)18-11-12-6-4-5-7-12/h8-9,12,16H,3-7,10-11H2,1-2H3. The lowest BCUT2D eigenvalue weighted by Crippen LogP contribution is -2.11. The average Bonchev–Trinajstić information content (AvgIpc) is 2.89. The highest BCUT2D eigenvalue weighted by atomic mass is 16.5. The van der Waals surface area contributed by atoms with Crippen LogP contribution in [0.15, 0.2) is 12.1 Å². The molecule has 0 aromatic carbocycles. The van der Waals surface area contributed by atoms with Crippen molar-refractivity contribution in [2.75, 3.05) is 13.7 Å². The van der Waals surface area contributed by atoms with Crippen LogP contribution in [0.1, 0.15) is 43.9 Å². The van der Waals surface area contributed by atoms with Crippen molar-refractivity contribution >= 4 is 0 Å². The van der Waals surface area contributed by atoms with Gasteiger partial charge in [0.15, 0.2) is 0 Å². The summed E-state index contributed by atoms with van der Waals surface area (Å²) < 4.78 is 5.88. The summed E-state index contributed by atoms with van der Waals surface area (Å²) >= 11 is 0. The molecule has 1 N–H and O–H groups in total. The van der Waals surface area contributed by atoms with Gasteiger partial charge >= 0.3 is 0 Å². The van der Waals surface area contributed by atoms with Crippen LogP contribution in [-0.4, -0.2) is 18.6 Å². The second-order valence-corrected chi connectivity index (χ2v) is 5.15. The summed E-state index contributed by atoms with van der Waals surface area (Å²) in [6.45, 7) is 3.83. The van der Waals surface area contributed by atoms with Gasteiger partial charge in [0.05, 0.1) is 6.61 Å². The highest BCUT2D eigenvalue weighted by molar-refractivity contribution is 5.25. The van der Waals surface area contributed by atoms with Gasteiger partial charge in [0.1, 0.15) is 0 Å². The van der Waals surface area contributed by atoms with Crippen LogP contribution < -0.4 is 10.1 Å². The first-order valence-corrected chi connectivity index (χ1v) is 7.09. The number of aryl methyl sites for hydroxylation is 1. The monoisotopic (exact) mass is 248 g/mol. The van der Waals surface area contributed by atoms with Crippen LogP contribution in [0.3, 0.4) is 0 Å². The van der Waals surface area contributed by atoms with Crippen LogP contribution in [-0.2, 0) is 13.0 Å². The van der Waals surface area contributed by atoms with Gasteiger partial charge in [-0.2, -0.15) is 0 Å². The van der Waals surface area contributed by atoms with Crippen molar-refractivity contribution in [1.82, 2.24) is 10.3 Å². The molecule has 0 bridgehead atoms. The number of hydrogen-bond donors (Lipinski definition) is 1. The zero-order valence-corrected chi connectivity index (χ0v) is 11.5. The molecule has 0 radical (unpaired) electrons. The van der Waals surface area contributed by atoms with E-state index in [0.29, 0.717) is 0 Å². The van der Waals surface area contributed by atoms with Gasteiger partial charge in [-0.05, 0) is 43.9 Å². The maximum atomic E-state index is 5.88. The molecule has 0 saturated heterocycles. The zero-order valence-electron chi connectivity index (χ0n) is 11.5. The molecule has 18 heavy (non-hydrogen) atoms. The Hall–Kier alpha value is -1.09. The van der Waals surface area contributed by atoms with Gasteiger partial charge < -0.3 is 10.1 Å². The van der Waals surface area contributed by atoms with E-state index in [9.17, 15) is 0 Å². The van der Waals surface area contributed by atoms with E-state index in [-0.39, 0.29) is 0 Å². The molecule has 0 spiro atoms. The molecule has 0 aliphatic heterocycles. The third kappa shape index (κ3) is 3.70. The topological polar surface area (TPSA) is 34.1 Å². The fourth-order valence-corrected chi connectivity index (χ4v) is 2.56. The maximum absolute atomic E-state index is 5.88. The Morgan fingerprint density at radius 3 is 2.78 bits per heavy atom. The van der Waals surface area contributed by atoms with Gasteiger partial charge in [-0.1, -0.05) is 19.8 Å². The van der Waals surface area contributed by atoms with Crippen molar-refractivity contribution in [2.24, 2.45) is 5.92 Å². The number of hydrogen-bond acceptors (Lipinski definition) is 3. The van der Waals surface area contributed by atoms with E-state index in [1.54, 1.807) is 0 Å². The molecule has 1 aromatic rings. The molecule has 1 aliphatic carbocycles. The molecule has 0 unspecified atom stereocenters. The molecule has 1 aliphatic rings. The Morgan fingerprint density at radius 1 is 1.33 bits per heavy atom. The SMILES string of the molecule is CCc1cc(CNC)cc(OCC2CCCC2)n1. The largest absolute Gasteiger partial charge is 0.477 e. The predicted octanol–water partition coefficient (Wildman–Crippen LogP) is 2.93. The number of nitrogens with one attached hydrogen (secondary N) is 1. The van der Waals surface area contributed by atoms with E-state index in [1.165, 1.54) is 31.2 Å². The smallest absolute Gasteiger partial charge is 0.213 e. The molecule has 100 valence electrons. The van der Waals surface area contributed by atoms with Crippen molar-refractivity contribution in [3.8, 4) is 5.88 Å². The quantitative estimate of drug-likeness (QED) is 0.840. The van der Waals surface area contributed by atoms with E-state index < -0.39 is 0 Å². The summed E-state index contributed by atoms with van der Waals surface area (Å²) in [5.74, 6) is 1.54. The Labute approximate surface area is 110 Å². The first-order valence-electron chi connectivity index (χ1n) is 7.09. The van der Waals surface area contributed by atoms with Crippen LogP contribution in [0, 0.1) is 5.92 Å². The second-order valence-electron chi connectivity index (χ2n) is 5.15. The summed E-state index contributed by atoms with van der Waals surface area (Å²) in [5, 5.41) is 3.18. The number of pyridine rings is 1. The predicted molar refractivity (Wildman–Crippen MR) is 73.8 cm³/mol. The molecule has 0 amide bonds. The van der Waals surface area contributed by atoms with Crippen molar-refractivity contribution in [3.63, 3.8) is 0 Å². The maximum Gasteiger partial charge on any atom is 0.213 e. The van der Waals surface area contributed by atoms with Gasteiger partial charge in [-0.15, -0.1) is 0 Å². The van der Waals surface area contributed by atoms with Crippen LogP contribution in [0.5, 0.6) is 5.88 Å². The third-order valence-electron chi connectivity index (χ3n) is 3.60. The third-order valence-corrected chi connectivity index (χ3v) is 3.60. The minimum absolute atomic E-state index is 0.741. The van der Waals surface area contributed by atoms with Gasteiger partial charge in [-0.3, -0.25) is 0 Å². The minimum atomic E-state index is 0.741. The summed E-state index contributed by atoms with van der Waals surface area (Å²) in [4.78, 5) is 4.55. The van der Waals surface area contributed by atoms with Crippen molar-refractivity contribution in [3.05, 3.63) is 23.4 Å². The lowest BCUT2D eigenvalue weighted by atomic mass is 10.1. The number of ether oxygens (including phenoxy) is 1. The number of nitrogens with zero attached hydrogens (tertiary/aromatic N) is 1. The van der Waals surface area contributed by atoms with Crippen molar-refractivity contribution < 1.29 is 4.74 Å². The number of rotatable bonds is 6. The van der Waals surface area contributed by atoms with E-state index in [4.69, 9.17) is 4.74 Å². The highest BCUT2D eigenvalue weighted by Crippen LogP contribution is 2.25. The first kappa shape index (κ1) is 13.3. The molecule has 3 heteroatoms. The second kappa shape index (κ2) is 6.74. The van der Waals surface area contributed by atoms with Crippen LogP contribution in [0.4, 0.5) is 0 Å². The van der Waals surface area contributed by atoms with E-state index in [0.717, 1.165) is 37.1 Å². The van der Waals surface area contributed by atoms with Crippen LogP contribution >= 0.6 is 0 Å². The molecule has 2 rings (SSSR count). The zero-order chi connectivity index (χ0) is 12.8. The van der Waals surface area contributed by atoms with Crippen molar-refractivity contribution in [2.45, 2.75) is 45.6 Å². The van der Waals surface area contributed by atoms with E-state index in [1.807, 2.05) is 7.05 Å². The summed E-state index contributed by atoms with van der Waals surface area (Å²) in [6.07, 6.45) is 6.31. The molecule has 1 heterocycles. The molecule has 3 nitrogen and oxygen atoms in total. The van der Waals surface area contributed by atoms with Gasteiger partial charge in [0.2, 0.25) is 5.88 Å². The van der Waals surface area contributed by atoms with Crippen LogP contribution in [0.25, 0.3) is 0 Å². The summed E-state index contributed by atoms with van der Waals surface area (Å²) in [5.41, 5.74) is 2.37. The van der Waals surface area contributed by atoms with Gasteiger partial charge in [0, 0.05) is 18.3 Å². The lowest BCUT2D eigenvalue weighted by Gasteiger charge is -2.12. The summed E-state index contributed by atoms with van der Waals surface area (Å²) in [6, 6.07) is 4.21. The first-order chi connectivity index (χ1) is 8.81. The molecule has 0 atom stereocenters. The van der Waals surface area contributed by atoms with Gasteiger partial charge in [-0.25, -0.2) is 4.98 Å². The Morgan fingerprint density at radius 2 is 2.11 bits per heavy atom. The minimum Gasteiger partial charge on any atom is -0.477 e. The molecular formula is C15H24N2O. The Balaban J connectivity index is 1.98. The van der Waals surface area contributed by atoms with E-state index in [2.05, 4.69) is 29.4 Å². The molecule has 1 fully saturated rings. The molecular weight excluding hydrogens is 224 g/mol. The Bertz CT molecular complexity index is 373. The Kier molecular flexibility index (Phi) is 5.00. The van der Waals surface area contributed by atoms with E-state index >= 15 is 0 Å². The molecule has 1 saturated carbocycles. The number of aromatic nitrogens is 1. The summed E-state index contributed by atoms with van der Waals surface area (Å²) in [7, 11) is 1.96. The fourth-order valence-electron chi connectivity index (χ4n) is 2.56.